The summed E-state index contributed by atoms with van der Waals surface area (Å²) in [6, 6.07) is -0.249. The summed E-state index contributed by atoms with van der Waals surface area (Å²) in [4.78, 5) is 29.7. The summed E-state index contributed by atoms with van der Waals surface area (Å²) in [5, 5.41) is 12.4. The van der Waals surface area contributed by atoms with E-state index in [1.165, 1.54) is 0 Å². The number of carbonyl (C=O) groups is 2. The van der Waals surface area contributed by atoms with Gasteiger partial charge in [-0.1, -0.05) is 6.92 Å². The van der Waals surface area contributed by atoms with Crippen molar-refractivity contribution >= 4 is 23.3 Å². The highest BCUT2D eigenvalue weighted by Gasteiger charge is 2.21. The van der Waals surface area contributed by atoms with Gasteiger partial charge in [-0.15, -0.1) is 11.3 Å². The number of hydrogen-bond acceptors (Lipinski definition) is 4. The summed E-state index contributed by atoms with van der Waals surface area (Å²) in [5.41, 5.74) is 0.967. The van der Waals surface area contributed by atoms with Crippen LogP contribution < -0.4 is 5.32 Å². The van der Waals surface area contributed by atoms with Crippen LogP contribution in [0, 0.1) is 6.92 Å². The highest BCUT2D eigenvalue weighted by atomic mass is 32.1. The van der Waals surface area contributed by atoms with Gasteiger partial charge in [0.25, 0.3) is 0 Å². The van der Waals surface area contributed by atoms with Crippen molar-refractivity contribution in [1.82, 2.24) is 15.2 Å². The topological polar surface area (TPSA) is 82.5 Å². The number of carboxylic acids is 1. The highest BCUT2D eigenvalue weighted by Crippen LogP contribution is 2.28. The Kier molecular flexibility index (Phi) is 6.61. The number of aryl methyl sites for hydroxylation is 2. The molecule has 0 radical (unpaired) electrons. The molecule has 1 atom stereocenters. The molecule has 21 heavy (non-hydrogen) atoms. The van der Waals surface area contributed by atoms with E-state index in [0.717, 1.165) is 22.0 Å². The predicted octanol–water partition coefficient (Wildman–Crippen LogP) is 2.58. The van der Waals surface area contributed by atoms with Crippen molar-refractivity contribution < 1.29 is 14.7 Å². The number of aromatic nitrogens is 1. The maximum Gasteiger partial charge on any atom is 0.317 e. The SMILES string of the molecule is CCc1nc(C)c(C(C)N(C)C(=O)NCCCC(=O)O)s1. The Morgan fingerprint density at radius 1 is 1.48 bits per heavy atom. The molecule has 0 bridgehead atoms. The van der Waals surface area contributed by atoms with E-state index in [1.54, 1.807) is 23.3 Å². The largest absolute Gasteiger partial charge is 0.481 e. The summed E-state index contributed by atoms with van der Waals surface area (Å²) >= 11 is 1.64. The molecule has 0 spiro atoms. The zero-order valence-corrected chi connectivity index (χ0v) is 13.8. The van der Waals surface area contributed by atoms with Gasteiger partial charge in [-0.05, 0) is 26.7 Å². The number of nitrogens with zero attached hydrogens (tertiary/aromatic N) is 2. The second kappa shape index (κ2) is 7.97. The summed E-state index contributed by atoms with van der Waals surface area (Å²) in [6.45, 7) is 6.35. The van der Waals surface area contributed by atoms with E-state index < -0.39 is 5.97 Å². The average molecular weight is 313 g/mol. The highest BCUT2D eigenvalue weighted by molar-refractivity contribution is 7.11. The molecule has 0 aromatic carbocycles. The summed E-state index contributed by atoms with van der Waals surface area (Å²) in [6.07, 6.45) is 1.39. The average Bonchev–Trinajstić information content (AvgIpc) is 2.82. The Morgan fingerprint density at radius 3 is 2.67 bits per heavy atom. The molecule has 2 amide bonds. The number of amides is 2. The lowest BCUT2D eigenvalue weighted by Crippen LogP contribution is -2.39. The van der Waals surface area contributed by atoms with E-state index in [-0.39, 0.29) is 18.5 Å². The van der Waals surface area contributed by atoms with Crippen molar-refractivity contribution in [2.75, 3.05) is 13.6 Å². The maximum atomic E-state index is 12.0. The third kappa shape index (κ3) is 5.00. The van der Waals surface area contributed by atoms with Crippen LogP contribution in [0.3, 0.4) is 0 Å². The molecule has 118 valence electrons. The van der Waals surface area contributed by atoms with Crippen molar-refractivity contribution in [3.8, 4) is 0 Å². The van der Waals surface area contributed by atoms with Gasteiger partial charge < -0.3 is 15.3 Å². The molecule has 0 aliphatic heterocycles. The first-order valence-electron chi connectivity index (χ1n) is 7.05. The van der Waals surface area contributed by atoms with Crippen LogP contribution in [0.4, 0.5) is 4.79 Å². The molecule has 0 fully saturated rings. The molecule has 1 aromatic rings. The summed E-state index contributed by atoms with van der Waals surface area (Å²) < 4.78 is 0. The normalized spacial score (nSPS) is 12.0. The molecular formula is C14H23N3O3S. The van der Waals surface area contributed by atoms with E-state index >= 15 is 0 Å². The molecule has 2 N–H and O–H groups in total. The van der Waals surface area contributed by atoms with E-state index in [2.05, 4.69) is 17.2 Å². The minimum Gasteiger partial charge on any atom is -0.481 e. The van der Waals surface area contributed by atoms with Gasteiger partial charge in [0.05, 0.1) is 16.7 Å². The van der Waals surface area contributed by atoms with E-state index in [4.69, 9.17) is 5.11 Å². The van der Waals surface area contributed by atoms with Crippen molar-refractivity contribution in [2.24, 2.45) is 0 Å². The molecule has 0 saturated heterocycles. The number of rotatable bonds is 7. The predicted molar refractivity (Wildman–Crippen MR) is 82.7 cm³/mol. The Bertz CT molecular complexity index is 502. The van der Waals surface area contributed by atoms with Gasteiger partial charge in [0.15, 0.2) is 0 Å². The monoisotopic (exact) mass is 313 g/mol. The molecule has 1 aromatic heterocycles. The molecular weight excluding hydrogens is 290 g/mol. The third-order valence-corrected chi connectivity index (χ3v) is 4.78. The quantitative estimate of drug-likeness (QED) is 0.758. The fourth-order valence-electron chi connectivity index (χ4n) is 1.92. The van der Waals surface area contributed by atoms with Crippen LogP contribution in [-0.4, -0.2) is 40.6 Å². The molecule has 0 aliphatic carbocycles. The number of carboxylic acid groups (broad SMARTS) is 1. The van der Waals surface area contributed by atoms with Gasteiger partial charge in [0.2, 0.25) is 0 Å². The van der Waals surface area contributed by atoms with Crippen molar-refractivity contribution in [1.29, 1.82) is 0 Å². The minimum atomic E-state index is -0.849. The summed E-state index contributed by atoms with van der Waals surface area (Å²) in [7, 11) is 1.74. The number of nitrogens with one attached hydrogen (secondary N) is 1. The van der Waals surface area contributed by atoms with E-state index in [1.807, 2.05) is 13.8 Å². The molecule has 7 heteroatoms. The van der Waals surface area contributed by atoms with E-state index in [0.29, 0.717) is 13.0 Å². The Labute approximate surface area is 129 Å². The van der Waals surface area contributed by atoms with Crippen LogP contribution in [0.2, 0.25) is 0 Å². The molecule has 1 rings (SSSR count). The van der Waals surface area contributed by atoms with Gasteiger partial charge >= 0.3 is 12.0 Å². The number of urea groups is 1. The van der Waals surface area contributed by atoms with Crippen LogP contribution in [0.1, 0.15) is 48.3 Å². The Balaban J connectivity index is 2.56. The van der Waals surface area contributed by atoms with Crippen molar-refractivity contribution in [3.63, 3.8) is 0 Å². The van der Waals surface area contributed by atoms with Crippen LogP contribution in [-0.2, 0) is 11.2 Å². The van der Waals surface area contributed by atoms with Crippen LogP contribution in [0.15, 0.2) is 0 Å². The zero-order chi connectivity index (χ0) is 16.0. The zero-order valence-electron chi connectivity index (χ0n) is 13.0. The van der Waals surface area contributed by atoms with Crippen LogP contribution in [0.5, 0.6) is 0 Å². The second-order valence-corrected chi connectivity index (χ2v) is 6.04. The minimum absolute atomic E-state index is 0.0535. The third-order valence-electron chi connectivity index (χ3n) is 3.30. The first-order chi connectivity index (χ1) is 9.86. The van der Waals surface area contributed by atoms with Gasteiger partial charge in [-0.25, -0.2) is 9.78 Å². The van der Waals surface area contributed by atoms with Crippen molar-refractivity contribution in [2.45, 2.75) is 46.1 Å². The van der Waals surface area contributed by atoms with Crippen LogP contribution >= 0.6 is 11.3 Å². The van der Waals surface area contributed by atoms with E-state index in [9.17, 15) is 9.59 Å². The fourth-order valence-corrected chi connectivity index (χ4v) is 3.02. The first-order valence-corrected chi connectivity index (χ1v) is 7.87. The van der Waals surface area contributed by atoms with Gasteiger partial charge in [-0.3, -0.25) is 4.79 Å². The Hall–Kier alpha value is -1.63. The lowest BCUT2D eigenvalue weighted by atomic mass is 10.2. The van der Waals surface area contributed by atoms with Crippen molar-refractivity contribution in [3.05, 3.63) is 15.6 Å². The first kappa shape index (κ1) is 17.4. The maximum absolute atomic E-state index is 12.0. The van der Waals surface area contributed by atoms with Gasteiger partial charge in [-0.2, -0.15) is 0 Å². The molecule has 0 aliphatic rings. The molecule has 1 unspecified atom stereocenters. The van der Waals surface area contributed by atoms with Crippen LogP contribution in [0.25, 0.3) is 0 Å². The standard InChI is InChI=1S/C14H23N3O3S/c1-5-11-16-9(2)13(21-11)10(3)17(4)14(20)15-8-6-7-12(18)19/h10H,5-8H2,1-4H3,(H,15,20)(H,18,19). The fraction of sp³-hybridized carbons (Fsp3) is 0.643. The lowest BCUT2D eigenvalue weighted by Gasteiger charge is -2.24. The van der Waals surface area contributed by atoms with Gasteiger partial charge in [0, 0.05) is 24.9 Å². The Morgan fingerprint density at radius 2 is 2.14 bits per heavy atom. The number of hydrogen-bond donors (Lipinski definition) is 2. The second-order valence-electron chi connectivity index (χ2n) is 4.93. The number of aliphatic carboxylic acids is 1. The lowest BCUT2D eigenvalue weighted by molar-refractivity contribution is -0.137. The molecule has 1 heterocycles. The van der Waals surface area contributed by atoms with Gasteiger partial charge in [0.1, 0.15) is 0 Å². The molecule has 0 saturated carbocycles. The number of thiazole rings is 1. The number of carbonyl (C=O) groups excluding carboxylic acids is 1. The summed E-state index contributed by atoms with van der Waals surface area (Å²) in [5.74, 6) is -0.849. The molecule has 6 nitrogen and oxygen atoms in total. The smallest absolute Gasteiger partial charge is 0.317 e.